The molecule has 0 atom stereocenters. The Morgan fingerprint density at radius 1 is 1.60 bits per heavy atom. The number of thioether (sulfide) groups is 1. The summed E-state index contributed by atoms with van der Waals surface area (Å²) >= 11 is 3.52. The van der Waals surface area contributed by atoms with E-state index in [4.69, 9.17) is 5.73 Å². The molecule has 5 heteroatoms. The molecular formula is C10H17N3S2. The molecule has 1 aliphatic rings. The number of nitrogen functional groups attached to an aromatic ring is 1. The van der Waals surface area contributed by atoms with E-state index in [9.17, 15) is 0 Å². The number of nitrogens with zero attached hydrogens (tertiary/aromatic N) is 1. The maximum atomic E-state index is 5.64. The second-order valence-corrected chi connectivity index (χ2v) is 6.35. The summed E-state index contributed by atoms with van der Waals surface area (Å²) in [7, 11) is 0. The highest BCUT2D eigenvalue weighted by molar-refractivity contribution is 8.00. The Hall–Kier alpha value is -0.420. The summed E-state index contributed by atoms with van der Waals surface area (Å²) in [4.78, 5) is 4.22. The minimum atomic E-state index is 0.431. The largest absolute Gasteiger partial charge is 0.389 e. The van der Waals surface area contributed by atoms with Crippen LogP contribution in [0, 0.1) is 0 Å². The van der Waals surface area contributed by atoms with E-state index in [1.165, 1.54) is 37.0 Å². The first-order chi connectivity index (χ1) is 7.24. The lowest BCUT2D eigenvalue weighted by Gasteiger charge is -2.26. The van der Waals surface area contributed by atoms with Crippen LogP contribution in [0.4, 0.5) is 10.1 Å². The van der Waals surface area contributed by atoms with Gasteiger partial charge in [0, 0.05) is 11.3 Å². The Balaban J connectivity index is 1.91. The van der Waals surface area contributed by atoms with Gasteiger partial charge in [0.2, 0.25) is 0 Å². The number of hydrogen-bond donors (Lipinski definition) is 2. The van der Waals surface area contributed by atoms with E-state index in [1.54, 1.807) is 6.20 Å². The van der Waals surface area contributed by atoms with Gasteiger partial charge in [-0.05, 0) is 19.1 Å². The number of hydrogen-bond acceptors (Lipinski definition) is 5. The van der Waals surface area contributed by atoms with Crippen molar-refractivity contribution < 1.29 is 0 Å². The fraction of sp³-hybridized carbons (Fsp3) is 0.700. The zero-order valence-corrected chi connectivity index (χ0v) is 10.6. The molecule has 3 nitrogen and oxygen atoms in total. The molecular weight excluding hydrogens is 226 g/mol. The Morgan fingerprint density at radius 2 is 2.33 bits per heavy atom. The van der Waals surface area contributed by atoms with Gasteiger partial charge in [0.15, 0.2) is 5.13 Å². The molecule has 0 spiro atoms. The van der Waals surface area contributed by atoms with Gasteiger partial charge in [0.1, 0.15) is 5.00 Å². The Morgan fingerprint density at radius 3 is 2.87 bits per heavy atom. The van der Waals surface area contributed by atoms with Gasteiger partial charge in [-0.2, -0.15) is 11.8 Å². The molecule has 1 aliphatic carbocycles. The van der Waals surface area contributed by atoms with E-state index in [-0.39, 0.29) is 0 Å². The van der Waals surface area contributed by atoms with Gasteiger partial charge >= 0.3 is 0 Å². The normalized spacial score (nSPS) is 19.3. The number of nitrogens with two attached hydrogens (primary N) is 1. The zero-order chi connectivity index (χ0) is 10.7. The van der Waals surface area contributed by atoms with Crippen molar-refractivity contribution in [1.82, 2.24) is 4.98 Å². The summed E-state index contributed by atoms with van der Waals surface area (Å²) in [5.74, 6) is 0. The third-order valence-electron chi connectivity index (χ3n) is 3.03. The molecule has 0 bridgehead atoms. The second kappa shape index (κ2) is 4.61. The maximum Gasteiger partial charge on any atom is 0.184 e. The van der Waals surface area contributed by atoms with Gasteiger partial charge in [0.25, 0.3) is 0 Å². The van der Waals surface area contributed by atoms with E-state index >= 15 is 0 Å². The van der Waals surface area contributed by atoms with Crippen molar-refractivity contribution in [2.45, 2.75) is 30.4 Å². The van der Waals surface area contributed by atoms with E-state index < -0.39 is 0 Å². The molecule has 0 saturated heterocycles. The van der Waals surface area contributed by atoms with Gasteiger partial charge in [-0.25, -0.2) is 4.98 Å². The van der Waals surface area contributed by atoms with E-state index in [0.29, 0.717) is 4.75 Å². The molecule has 1 saturated carbocycles. The van der Waals surface area contributed by atoms with Crippen LogP contribution < -0.4 is 11.1 Å². The molecule has 0 aromatic carbocycles. The van der Waals surface area contributed by atoms with E-state index in [1.807, 2.05) is 11.8 Å². The smallest absolute Gasteiger partial charge is 0.184 e. The lowest BCUT2D eigenvalue weighted by Crippen LogP contribution is -2.29. The third-order valence-corrected chi connectivity index (χ3v) is 5.24. The molecule has 2 rings (SSSR count). The van der Waals surface area contributed by atoms with E-state index in [2.05, 4.69) is 16.6 Å². The highest BCUT2D eigenvalue weighted by atomic mass is 32.2. The molecule has 1 aromatic heterocycles. The molecule has 15 heavy (non-hydrogen) atoms. The first-order valence-corrected chi connectivity index (χ1v) is 7.29. The van der Waals surface area contributed by atoms with Crippen molar-refractivity contribution in [3.8, 4) is 0 Å². The summed E-state index contributed by atoms with van der Waals surface area (Å²) < 4.78 is 0.431. The molecule has 0 aliphatic heterocycles. The minimum absolute atomic E-state index is 0.431. The van der Waals surface area contributed by atoms with Gasteiger partial charge in [-0.3, -0.25) is 0 Å². The Bertz CT molecular complexity index is 318. The SMILES string of the molecule is CSC1(CNc2ncc(N)s2)CCCC1. The summed E-state index contributed by atoms with van der Waals surface area (Å²) in [6.45, 7) is 1.01. The molecule has 3 N–H and O–H groups in total. The van der Waals surface area contributed by atoms with Crippen LogP contribution in [0.15, 0.2) is 6.20 Å². The van der Waals surface area contributed by atoms with Crippen LogP contribution in [0.5, 0.6) is 0 Å². The number of rotatable bonds is 4. The van der Waals surface area contributed by atoms with Crippen LogP contribution in [-0.2, 0) is 0 Å². The van der Waals surface area contributed by atoms with Crippen LogP contribution in [0.1, 0.15) is 25.7 Å². The number of thiazole rings is 1. The highest BCUT2D eigenvalue weighted by Gasteiger charge is 2.32. The van der Waals surface area contributed by atoms with Crippen molar-refractivity contribution in [2.24, 2.45) is 0 Å². The fourth-order valence-electron chi connectivity index (χ4n) is 2.08. The van der Waals surface area contributed by atoms with Crippen molar-refractivity contribution in [3.63, 3.8) is 0 Å². The van der Waals surface area contributed by atoms with Crippen LogP contribution in [0.2, 0.25) is 0 Å². The van der Waals surface area contributed by atoms with Gasteiger partial charge in [-0.1, -0.05) is 24.2 Å². The molecule has 0 unspecified atom stereocenters. The zero-order valence-electron chi connectivity index (χ0n) is 8.95. The summed E-state index contributed by atoms with van der Waals surface area (Å²) in [6, 6.07) is 0. The standard InChI is InChI=1S/C10H17N3S2/c1-14-10(4-2-3-5-10)7-13-9-12-6-8(11)15-9/h6H,2-5,7,11H2,1H3,(H,12,13). The van der Waals surface area contributed by atoms with Crippen LogP contribution in [-0.4, -0.2) is 22.5 Å². The van der Waals surface area contributed by atoms with Gasteiger partial charge in [-0.15, -0.1) is 0 Å². The molecule has 1 fully saturated rings. The summed E-state index contributed by atoms with van der Waals surface area (Å²) in [5.41, 5.74) is 5.64. The predicted molar refractivity (Wildman–Crippen MR) is 69.7 cm³/mol. The average Bonchev–Trinajstić information content (AvgIpc) is 2.85. The topological polar surface area (TPSA) is 50.9 Å². The number of nitrogens with one attached hydrogen (secondary N) is 1. The Kier molecular flexibility index (Phi) is 3.41. The van der Waals surface area contributed by atoms with Crippen LogP contribution in [0.25, 0.3) is 0 Å². The molecule has 1 heterocycles. The van der Waals surface area contributed by atoms with Crippen LogP contribution in [0.3, 0.4) is 0 Å². The lowest BCUT2D eigenvalue weighted by atomic mass is 10.1. The molecule has 84 valence electrons. The first-order valence-electron chi connectivity index (χ1n) is 5.24. The average molecular weight is 243 g/mol. The predicted octanol–water partition coefficient (Wildman–Crippen LogP) is 2.81. The van der Waals surface area contributed by atoms with Crippen LogP contribution >= 0.6 is 23.1 Å². The summed E-state index contributed by atoms with van der Waals surface area (Å²) in [6.07, 6.45) is 9.30. The highest BCUT2D eigenvalue weighted by Crippen LogP contribution is 2.40. The lowest BCUT2D eigenvalue weighted by molar-refractivity contribution is 0.639. The van der Waals surface area contributed by atoms with Crippen molar-refractivity contribution in [3.05, 3.63) is 6.20 Å². The van der Waals surface area contributed by atoms with Gasteiger partial charge < -0.3 is 11.1 Å². The van der Waals surface area contributed by atoms with Crippen molar-refractivity contribution in [1.29, 1.82) is 0 Å². The summed E-state index contributed by atoms with van der Waals surface area (Å²) in [5, 5.41) is 5.14. The third kappa shape index (κ3) is 2.58. The fourth-order valence-corrected chi connectivity index (χ4v) is 3.57. The molecule has 0 radical (unpaired) electrons. The monoisotopic (exact) mass is 243 g/mol. The first kappa shape index (κ1) is 11.1. The quantitative estimate of drug-likeness (QED) is 0.854. The number of anilines is 2. The minimum Gasteiger partial charge on any atom is -0.389 e. The maximum absolute atomic E-state index is 5.64. The van der Waals surface area contributed by atoms with Crippen molar-refractivity contribution in [2.75, 3.05) is 23.9 Å². The van der Waals surface area contributed by atoms with Crippen molar-refractivity contribution >= 4 is 33.2 Å². The van der Waals surface area contributed by atoms with Gasteiger partial charge in [0.05, 0.1) is 6.20 Å². The second-order valence-electron chi connectivity index (χ2n) is 4.02. The molecule has 1 aromatic rings. The number of aromatic nitrogens is 1. The molecule has 0 amide bonds. The van der Waals surface area contributed by atoms with E-state index in [0.717, 1.165) is 16.7 Å². The Labute approximate surface area is 98.9 Å².